The lowest BCUT2D eigenvalue weighted by Gasteiger charge is -2.28. The Morgan fingerprint density at radius 2 is 1.62 bits per heavy atom. The molecule has 3 heteroatoms. The van der Waals surface area contributed by atoms with Crippen LogP contribution in [0.5, 0.6) is 0 Å². The van der Waals surface area contributed by atoms with Gasteiger partial charge in [-0.15, -0.1) is 0 Å². The molecular formula is C23H23NO2. The van der Waals surface area contributed by atoms with Gasteiger partial charge >= 0.3 is 0 Å². The number of aryl methyl sites for hydroxylation is 2. The highest BCUT2D eigenvalue weighted by Gasteiger charge is 2.64. The van der Waals surface area contributed by atoms with Gasteiger partial charge in [-0.2, -0.15) is 0 Å². The highest BCUT2D eigenvalue weighted by atomic mass is 16.2. The van der Waals surface area contributed by atoms with E-state index in [1.165, 1.54) is 10.5 Å². The summed E-state index contributed by atoms with van der Waals surface area (Å²) in [6, 6.07) is 16.5. The van der Waals surface area contributed by atoms with Crippen molar-refractivity contribution < 1.29 is 9.59 Å². The van der Waals surface area contributed by atoms with E-state index < -0.39 is 0 Å². The van der Waals surface area contributed by atoms with Crippen molar-refractivity contribution in [2.24, 2.45) is 23.7 Å². The summed E-state index contributed by atoms with van der Waals surface area (Å²) in [7, 11) is 0. The summed E-state index contributed by atoms with van der Waals surface area (Å²) in [5.74, 6) is 0.895. The SMILES string of the molecule is Cc1ccc(C)c(N2C(=O)C3C4CC(c5ccccc5)C(C4)C3C2=O)c1. The molecule has 3 fully saturated rings. The minimum Gasteiger partial charge on any atom is -0.274 e. The molecule has 0 N–H and O–H groups in total. The summed E-state index contributed by atoms with van der Waals surface area (Å²) in [6.45, 7) is 3.98. The van der Waals surface area contributed by atoms with Crippen LogP contribution in [0.1, 0.15) is 35.4 Å². The molecule has 5 unspecified atom stereocenters. The summed E-state index contributed by atoms with van der Waals surface area (Å²) in [6.07, 6.45) is 2.06. The smallest absolute Gasteiger partial charge is 0.238 e. The van der Waals surface area contributed by atoms with Crippen LogP contribution in [0.25, 0.3) is 0 Å². The number of carbonyl (C=O) groups excluding carboxylic acids is 2. The van der Waals surface area contributed by atoms with Crippen molar-refractivity contribution in [3.8, 4) is 0 Å². The zero-order valence-electron chi connectivity index (χ0n) is 15.2. The molecule has 2 aromatic rings. The normalized spacial score (nSPS) is 32.4. The second-order valence-electron chi connectivity index (χ2n) is 8.27. The van der Waals surface area contributed by atoms with Gasteiger partial charge in [0.2, 0.25) is 11.8 Å². The molecule has 5 rings (SSSR count). The van der Waals surface area contributed by atoms with E-state index in [-0.39, 0.29) is 23.7 Å². The summed E-state index contributed by atoms with van der Waals surface area (Å²) >= 11 is 0. The second kappa shape index (κ2) is 5.54. The Morgan fingerprint density at radius 3 is 2.38 bits per heavy atom. The Morgan fingerprint density at radius 1 is 0.885 bits per heavy atom. The number of amides is 2. The number of anilines is 1. The fourth-order valence-electron chi connectivity index (χ4n) is 5.74. The molecule has 2 saturated carbocycles. The number of benzene rings is 2. The highest BCUT2D eigenvalue weighted by Crippen LogP contribution is 2.62. The third kappa shape index (κ3) is 2.06. The molecule has 0 spiro atoms. The highest BCUT2D eigenvalue weighted by molar-refractivity contribution is 6.23. The van der Waals surface area contributed by atoms with Gasteiger partial charge in [0.25, 0.3) is 0 Å². The molecule has 3 nitrogen and oxygen atoms in total. The van der Waals surface area contributed by atoms with Gasteiger partial charge in [0.1, 0.15) is 0 Å². The number of imide groups is 1. The average Bonchev–Trinajstić information content (AvgIpc) is 3.30. The van der Waals surface area contributed by atoms with Gasteiger partial charge in [0.05, 0.1) is 17.5 Å². The van der Waals surface area contributed by atoms with Gasteiger partial charge in [0, 0.05) is 0 Å². The Labute approximate surface area is 154 Å². The van der Waals surface area contributed by atoms with E-state index in [0.717, 1.165) is 29.7 Å². The standard InChI is InChI=1S/C23H23NO2/c1-13-8-9-14(2)19(10-13)24-22(25)20-16-11-17(15-6-4-3-5-7-15)18(12-16)21(20)23(24)26/h3-10,16-18,20-21H,11-12H2,1-2H3. The van der Waals surface area contributed by atoms with Crippen LogP contribution >= 0.6 is 0 Å². The Kier molecular flexibility index (Phi) is 3.37. The van der Waals surface area contributed by atoms with Crippen molar-refractivity contribution in [3.05, 3.63) is 65.2 Å². The largest absolute Gasteiger partial charge is 0.274 e. The molecule has 3 aliphatic rings. The third-order valence-corrected chi connectivity index (χ3v) is 6.85. The van der Waals surface area contributed by atoms with Crippen LogP contribution in [0.2, 0.25) is 0 Å². The van der Waals surface area contributed by atoms with Gasteiger partial charge < -0.3 is 0 Å². The van der Waals surface area contributed by atoms with E-state index >= 15 is 0 Å². The topological polar surface area (TPSA) is 37.4 Å². The lowest BCUT2D eigenvalue weighted by atomic mass is 9.73. The van der Waals surface area contributed by atoms with Crippen molar-refractivity contribution in [1.82, 2.24) is 0 Å². The quantitative estimate of drug-likeness (QED) is 0.764. The van der Waals surface area contributed by atoms with Crippen LogP contribution in [-0.2, 0) is 9.59 Å². The summed E-state index contributed by atoms with van der Waals surface area (Å²) in [4.78, 5) is 28.0. The minimum atomic E-state index is -0.133. The van der Waals surface area contributed by atoms with Crippen LogP contribution in [-0.4, -0.2) is 11.8 Å². The van der Waals surface area contributed by atoms with E-state index in [4.69, 9.17) is 0 Å². The maximum atomic E-state index is 13.3. The Bertz CT molecular complexity index is 904. The molecule has 1 heterocycles. The first-order valence-electron chi connectivity index (χ1n) is 9.56. The van der Waals surface area contributed by atoms with E-state index in [0.29, 0.717) is 17.8 Å². The van der Waals surface area contributed by atoms with Crippen LogP contribution in [0.15, 0.2) is 48.5 Å². The average molecular weight is 345 g/mol. The third-order valence-electron chi connectivity index (χ3n) is 6.85. The maximum absolute atomic E-state index is 13.3. The number of carbonyl (C=O) groups is 2. The van der Waals surface area contributed by atoms with Gasteiger partial charge in [-0.05, 0) is 67.2 Å². The molecule has 2 bridgehead atoms. The van der Waals surface area contributed by atoms with E-state index in [2.05, 4.69) is 24.3 Å². The first-order chi connectivity index (χ1) is 12.6. The molecule has 2 amide bonds. The molecule has 1 saturated heterocycles. The Balaban J connectivity index is 1.52. The maximum Gasteiger partial charge on any atom is 0.238 e. The second-order valence-corrected chi connectivity index (χ2v) is 8.27. The van der Waals surface area contributed by atoms with Crippen LogP contribution in [0.4, 0.5) is 5.69 Å². The van der Waals surface area contributed by atoms with Gasteiger partial charge in [-0.3, -0.25) is 9.59 Å². The molecular weight excluding hydrogens is 322 g/mol. The number of hydrogen-bond donors (Lipinski definition) is 0. The van der Waals surface area contributed by atoms with Crippen molar-refractivity contribution in [2.45, 2.75) is 32.6 Å². The zero-order valence-corrected chi connectivity index (χ0v) is 15.2. The Hall–Kier alpha value is -2.42. The summed E-state index contributed by atoms with van der Waals surface area (Å²) < 4.78 is 0. The van der Waals surface area contributed by atoms with Gasteiger partial charge in [0.15, 0.2) is 0 Å². The van der Waals surface area contributed by atoms with E-state index in [1.54, 1.807) is 0 Å². The molecule has 0 aromatic heterocycles. The van der Waals surface area contributed by atoms with Crippen molar-refractivity contribution >= 4 is 17.5 Å². The lowest BCUT2D eigenvalue weighted by Crippen LogP contribution is -2.33. The number of rotatable bonds is 2. The predicted molar refractivity (Wildman–Crippen MR) is 101 cm³/mol. The molecule has 2 aliphatic carbocycles. The first kappa shape index (κ1) is 15.8. The molecule has 1 aliphatic heterocycles. The number of nitrogens with zero attached hydrogens (tertiary/aromatic N) is 1. The first-order valence-corrected chi connectivity index (χ1v) is 9.56. The number of fused-ring (bicyclic) bond motifs is 5. The molecule has 132 valence electrons. The monoisotopic (exact) mass is 345 g/mol. The van der Waals surface area contributed by atoms with Crippen molar-refractivity contribution in [1.29, 1.82) is 0 Å². The van der Waals surface area contributed by atoms with E-state index in [9.17, 15) is 9.59 Å². The van der Waals surface area contributed by atoms with Crippen LogP contribution in [0.3, 0.4) is 0 Å². The summed E-state index contributed by atoms with van der Waals surface area (Å²) in [5, 5.41) is 0. The van der Waals surface area contributed by atoms with Crippen LogP contribution < -0.4 is 4.90 Å². The number of hydrogen-bond acceptors (Lipinski definition) is 2. The fraction of sp³-hybridized carbons (Fsp3) is 0.391. The lowest BCUT2D eigenvalue weighted by molar-refractivity contribution is -0.123. The molecule has 5 atom stereocenters. The van der Waals surface area contributed by atoms with Crippen molar-refractivity contribution in [2.75, 3.05) is 4.90 Å². The minimum absolute atomic E-state index is 0.0295. The fourth-order valence-corrected chi connectivity index (χ4v) is 5.74. The van der Waals surface area contributed by atoms with Gasteiger partial charge in [-0.1, -0.05) is 42.5 Å². The zero-order chi connectivity index (χ0) is 18.0. The predicted octanol–water partition coefficient (Wildman–Crippen LogP) is 4.23. The molecule has 26 heavy (non-hydrogen) atoms. The molecule has 0 radical (unpaired) electrons. The van der Waals surface area contributed by atoms with Crippen LogP contribution in [0, 0.1) is 37.5 Å². The van der Waals surface area contributed by atoms with Gasteiger partial charge in [-0.25, -0.2) is 4.90 Å². The molecule has 2 aromatic carbocycles. The van der Waals surface area contributed by atoms with Crippen molar-refractivity contribution in [3.63, 3.8) is 0 Å². The summed E-state index contributed by atoms with van der Waals surface area (Å²) in [5.41, 5.74) is 4.17. The van der Waals surface area contributed by atoms with E-state index in [1.807, 2.05) is 38.1 Å².